The highest BCUT2D eigenvalue weighted by molar-refractivity contribution is 9.10. The summed E-state index contributed by atoms with van der Waals surface area (Å²) in [7, 11) is 0. The molecule has 1 aromatic heterocycles. The minimum absolute atomic E-state index is 0.0692. The Hall–Kier alpha value is -1.17. The number of likely N-dealkylation sites (N-methyl/N-ethyl adjacent to an activating group) is 1. The molecule has 6 heteroatoms. The zero-order chi connectivity index (χ0) is 12.0. The van der Waals surface area contributed by atoms with Crippen LogP contribution in [0.2, 0.25) is 0 Å². The van der Waals surface area contributed by atoms with Crippen LogP contribution >= 0.6 is 15.9 Å². The summed E-state index contributed by atoms with van der Waals surface area (Å²) in [5.74, 6) is 0.710. The first-order chi connectivity index (χ1) is 7.67. The number of hydrogen-bond acceptors (Lipinski definition) is 4. The van der Waals surface area contributed by atoms with E-state index in [1.807, 2.05) is 13.8 Å². The highest BCUT2D eigenvalue weighted by Crippen LogP contribution is 2.09. The summed E-state index contributed by atoms with van der Waals surface area (Å²) in [5.41, 5.74) is 0. The predicted octanol–water partition coefficient (Wildman–Crippen LogP) is 1.52. The van der Waals surface area contributed by atoms with Gasteiger partial charge in [-0.1, -0.05) is 0 Å². The van der Waals surface area contributed by atoms with Crippen molar-refractivity contribution >= 4 is 27.7 Å². The molecule has 0 saturated carbocycles. The van der Waals surface area contributed by atoms with Crippen LogP contribution in [-0.2, 0) is 4.79 Å². The van der Waals surface area contributed by atoms with Crippen molar-refractivity contribution in [2.45, 2.75) is 13.8 Å². The monoisotopic (exact) mass is 286 g/mol. The average molecular weight is 287 g/mol. The van der Waals surface area contributed by atoms with E-state index < -0.39 is 0 Å². The van der Waals surface area contributed by atoms with Gasteiger partial charge in [0.05, 0.1) is 6.54 Å². The second-order valence-electron chi connectivity index (χ2n) is 3.15. The van der Waals surface area contributed by atoms with Gasteiger partial charge in [0, 0.05) is 19.2 Å². The minimum atomic E-state index is 0.0692. The Balaban J connectivity index is 2.48. The first-order valence-electron chi connectivity index (χ1n) is 5.16. The van der Waals surface area contributed by atoms with Crippen molar-refractivity contribution < 1.29 is 4.79 Å². The molecule has 0 atom stereocenters. The van der Waals surface area contributed by atoms with Crippen LogP contribution in [-0.4, -0.2) is 40.4 Å². The smallest absolute Gasteiger partial charge is 0.241 e. The van der Waals surface area contributed by atoms with Crippen LogP contribution in [0.4, 0.5) is 5.82 Å². The van der Waals surface area contributed by atoms with Crippen molar-refractivity contribution in [3.05, 3.63) is 17.0 Å². The fourth-order valence-corrected chi connectivity index (χ4v) is 1.59. The Morgan fingerprint density at radius 1 is 1.44 bits per heavy atom. The Bertz CT molecular complexity index is 354. The van der Waals surface area contributed by atoms with Crippen molar-refractivity contribution in [1.29, 1.82) is 0 Å². The second kappa shape index (κ2) is 6.42. The number of carbonyl (C=O) groups excluding carboxylic acids is 1. The summed E-state index contributed by atoms with van der Waals surface area (Å²) in [4.78, 5) is 21.3. The number of halogens is 1. The van der Waals surface area contributed by atoms with E-state index >= 15 is 0 Å². The summed E-state index contributed by atoms with van der Waals surface area (Å²) in [5, 5.41) is 2.96. The van der Waals surface area contributed by atoms with E-state index in [0.717, 1.165) is 13.1 Å². The van der Waals surface area contributed by atoms with E-state index in [9.17, 15) is 4.79 Å². The van der Waals surface area contributed by atoms with Crippen LogP contribution in [0.15, 0.2) is 17.0 Å². The first-order valence-corrected chi connectivity index (χ1v) is 5.95. The lowest BCUT2D eigenvalue weighted by Gasteiger charge is -2.18. The lowest BCUT2D eigenvalue weighted by atomic mass is 10.4. The minimum Gasteiger partial charge on any atom is -0.361 e. The molecule has 1 rings (SSSR count). The second-order valence-corrected chi connectivity index (χ2v) is 3.96. The molecule has 1 amide bonds. The number of hydrogen-bond donors (Lipinski definition) is 1. The van der Waals surface area contributed by atoms with Gasteiger partial charge in [0.15, 0.2) is 0 Å². The molecule has 16 heavy (non-hydrogen) atoms. The molecule has 0 aliphatic carbocycles. The molecule has 0 aliphatic heterocycles. The molecule has 0 bridgehead atoms. The number of nitrogens with one attached hydrogen (secondary N) is 1. The molecule has 88 valence electrons. The summed E-state index contributed by atoms with van der Waals surface area (Å²) >= 11 is 3.24. The van der Waals surface area contributed by atoms with Gasteiger partial charge in [-0.15, -0.1) is 0 Å². The highest BCUT2D eigenvalue weighted by Gasteiger charge is 2.08. The van der Waals surface area contributed by atoms with E-state index in [2.05, 4.69) is 31.2 Å². The molecule has 1 aromatic rings. The standard InChI is InChI=1S/C10H15BrN4O/c1-3-15(4-2)10(16)6-12-9-5-8(11)13-7-14-9/h5,7H,3-4,6H2,1-2H3,(H,12,13,14). The highest BCUT2D eigenvalue weighted by atomic mass is 79.9. The summed E-state index contributed by atoms with van der Waals surface area (Å²) in [6.07, 6.45) is 1.44. The number of aromatic nitrogens is 2. The molecular formula is C10H15BrN4O. The van der Waals surface area contributed by atoms with E-state index in [-0.39, 0.29) is 12.5 Å². The third kappa shape index (κ3) is 3.77. The van der Waals surface area contributed by atoms with Gasteiger partial charge in [0.2, 0.25) is 5.91 Å². The zero-order valence-electron chi connectivity index (χ0n) is 9.40. The summed E-state index contributed by atoms with van der Waals surface area (Å²) in [6.45, 7) is 5.63. The van der Waals surface area contributed by atoms with Crippen LogP contribution in [0.3, 0.4) is 0 Å². The van der Waals surface area contributed by atoms with Crippen LogP contribution in [0.5, 0.6) is 0 Å². The van der Waals surface area contributed by atoms with E-state index in [1.54, 1.807) is 11.0 Å². The van der Waals surface area contributed by atoms with Gasteiger partial charge in [0.25, 0.3) is 0 Å². The Morgan fingerprint density at radius 2 is 2.12 bits per heavy atom. The summed E-state index contributed by atoms with van der Waals surface area (Å²) < 4.78 is 0.695. The van der Waals surface area contributed by atoms with Crippen LogP contribution in [0.25, 0.3) is 0 Å². The third-order valence-electron chi connectivity index (χ3n) is 2.17. The van der Waals surface area contributed by atoms with Gasteiger partial charge >= 0.3 is 0 Å². The Labute approximate surface area is 103 Å². The van der Waals surface area contributed by atoms with Crippen LogP contribution in [0, 0.1) is 0 Å². The molecule has 1 heterocycles. The molecule has 0 radical (unpaired) electrons. The van der Waals surface area contributed by atoms with Crippen molar-refractivity contribution in [2.24, 2.45) is 0 Å². The van der Waals surface area contributed by atoms with Crippen molar-refractivity contribution in [2.75, 3.05) is 25.0 Å². The van der Waals surface area contributed by atoms with Gasteiger partial charge in [0.1, 0.15) is 16.7 Å². The molecule has 0 unspecified atom stereocenters. The molecule has 1 N–H and O–H groups in total. The molecule has 0 saturated heterocycles. The lowest BCUT2D eigenvalue weighted by Crippen LogP contribution is -2.35. The maximum absolute atomic E-state index is 11.7. The fourth-order valence-electron chi connectivity index (χ4n) is 1.28. The number of carbonyl (C=O) groups is 1. The quantitative estimate of drug-likeness (QED) is 0.834. The number of anilines is 1. The molecule has 0 fully saturated rings. The maximum atomic E-state index is 11.7. The van der Waals surface area contributed by atoms with E-state index in [0.29, 0.717) is 10.4 Å². The Morgan fingerprint density at radius 3 is 2.69 bits per heavy atom. The van der Waals surface area contributed by atoms with Crippen LogP contribution in [0.1, 0.15) is 13.8 Å². The molecule has 5 nitrogen and oxygen atoms in total. The van der Waals surface area contributed by atoms with Crippen molar-refractivity contribution in [1.82, 2.24) is 14.9 Å². The number of nitrogens with zero attached hydrogens (tertiary/aromatic N) is 3. The van der Waals surface area contributed by atoms with Gasteiger partial charge < -0.3 is 10.2 Å². The Kier molecular flexibility index (Phi) is 5.18. The summed E-state index contributed by atoms with van der Waals surface area (Å²) in [6, 6.07) is 1.73. The topological polar surface area (TPSA) is 58.1 Å². The SMILES string of the molecule is CCN(CC)C(=O)CNc1cc(Br)ncn1. The average Bonchev–Trinajstić information content (AvgIpc) is 2.28. The number of amides is 1. The van der Waals surface area contributed by atoms with Gasteiger partial charge in [-0.2, -0.15) is 0 Å². The normalized spacial score (nSPS) is 9.94. The van der Waals surface area contributed by atoms with Crippen molar-refractivity contribution in [3.8, 4) is 0 Å². The first kappa shape index (κ1) is 12.9. The van der Waals surface area contributed by atoms with E-state index in [1.165, 1.54) is 6.33 Å². The molecule has 0 spiro atoms. The lowest BCUT2D eigenvalue weighted by molar-refractivity contribution is -0.128. The zero-order valence-corrected chi connectivity index (χ0v) is 11.0. The van der Waals surface area contributed by atoms with Crippen molar-refractivity contribution in [3.63, 3.8) is 0 Å². The predicted molar refractivity (Wildman–Crippen MR) is 66.1 cm³/mol. The molecule has 0 aliphatic rings. The largest absolute Gasteiger partial charge is 0.361 e. The third-order valence-corrected chi connectivity index (χ3v) is 2.60. The van der Waals surface area contributed by atoms with E-state index in [4.69, 9.17) is 0 Å². The molecule has 0 aromatic carbocycles. The number of rotatable bonds is 5. The van der Waals surface area contributed by atoms with Gasteiger partial charge in [-0.25, -0.2) is 9.97 Å². The molecular weight excluding hydrogens is 272 g/mol. The van der Waals surface area contributed by atoms with Crippen LogP contribution < -0.4 is 5.32 Å². The fraction of sp³-hybridized carbons (Fsp3) is 0.500. The van der Waals surface area contributed by atoms with Gasteiger partial charge in [-0.05, 0) is 29.8 Å². The van der Waals surface area contributed by atoms with Gasteiger partial charge in [-0.3, -0.25) is 4.79 Å². The maximum Gasteiger partial charge on any atom is 0.241 e.